The lowest BCUT2D eigenvalue weighted by Crippen LogP contribution is -2.56. The average molecular weight is 240 g/mol. The number of nitrogens with one attached hydrogen (secondary N) is 1. The molecule has 3 amide bonds. The molecule has 2 bridgehead atoms. The molecule has 96 valence electrons. The van der Waals surface area contributed by atoms with Gasteiger partial charge in [-0.2, -0.15) is 0 Å². The maximum Gasteiger partial charge on any atom is 0.318 e. The Morgan fingerprint density at radius 3 is 2.29 bits per heavy atom. The largest absolute Gasteiger partial charge is 0.351 e. The lowest BCUT2D eigenvalue weighted by molar-refractivity contribution is -0.126. The Balaban J connectivity index is 2.03. The summed E-state index contributed by atoms with van der Waals surface area (Å²) in [5.41, 5.74) is 10.9. The predicted molar refractivity (Wildman–Crippen MR) is 63.0 cm³/mol. The van der Waals surface area contributed by atoms with Crippen molar-refractivity contribution in [3.63, 3.8) is 0 Å². The smallest absolute Gasteiger partial charge is 0.318 e. The van der Waals surface area contributed by atoms with E-state index in [0.717, 1.165) is 25.7 Å². The second-order valence-corrected chi connectivity index (χ2v) is 5.09. The van der Waals surface area contributed by atoms with Crippen LogP contribution in [0.5, 0.6) is 0 Å². The van der Waals surface area contributed by atoms with Crippen molar-refractivity contribution >= 4 is 11.9 Å². The molecule has 0 aromatic carbocycles. The first-order valence-corrected chi connectivity index (χ1v) is 6.12. The summed E-state index contributed by atoms with van der Waals surface area (Å²) >= 11 is 0. The van der Waals surface area contributed by atoms with Crippen molar-refractivity contribution in [1.82, 2.24) is 10.2 Å². The summed E-state index contributed by atoms with van der Waals surface area (Å²) in [5, 5.41) is 2.15. The standard InChI is InChI=1S/C11H20N4O2/c1-6(10(16)14-11(13)17)15-8-2-3-9(15)5-7(12)4-8/h6-9H,2-5,12H2,1H3,(H3,13,14,16,17). The maximum atomic E-state index is 11.8. The fourth-order valence-corrected chi connectivity index (χ4v) is 3.25. The Morgan fingerprint density at radius 1 is 1.29 bits per heavy atom. The first-order valence-electron chi connectivity index (χ1n) is 6.12. The molecule has 0 spiro atoms. The van der Waals surface area contributed by atoms with E-state index >= 15 is 0 Å². The molecule has 2 heterocycles. The topological polar surface area (TPSA) is 101 Å². The van der Waals surface area contributed by atoms with E-state index in [1.54, 1.807) is 0 Å². The van der Waals surface area contributed by atoms with Crippen LogP contribution in [-0.2, 0) is 4.79 Å². The molecule has 0 saturated carbocycles. The number of nitrogens with zero attached hydrogens (tertiary/aromatic N) is 1. The minimum Gasteiger partial charge on any atom is -0.351 e. The molecule has 0 aromatic rings. The van der Waals surface area contributed by atoms with Crippen molar-refractivity contribution in [3.05, 3.63) is 0 Å². The molecule has 3 atom stereocenters. The predicted octanol–water partition coefficient (Wildman–Crippen LogP) is -0.476. The normalized spacial score (nSPS) is 34.4. The van der Waals surface area contributed by atoms with E-state index in [0.29, 0.717) is 12.1 Å². The maximum absolute atomic E-state index is 11.8. The number of nitrogens with two attached hydrogens (primary N) is 2. The zero-order chi connectivity index (χ0) is 12.6. The summed E-state index contributed by atoms with van der Waals surface area (Å²) in [6.45, 7) is 1.82. The van der Waals surface area contributed by atoms with Crippen molar-refractivity contribution < 1.29 is 9.59 Å². The number of imide groups is 1. The van der Waals surface area contributed by atoms with Gasteiger partial charge in [-0.15, -0.1) is 0 Å². The van der Waals surface area contributed by atoms with Crippen LogP contribution in [0.15, 0.2) is 0 Å². The second-order valence-electron chi connectivity index (χ2n) is 5.09. The number of rotatable bonds is 2. The lowest BCUT2D eigenvalue weighted by Gasteiger charge is -2.40. The Morgan fingerprint density at radius 2 is 1.82 bits per heavy atom. The molecule has 0 aliphatic carbocycles. The number of hydrogen-bond donors (Lipinski definition) is 3. The van der Waals surface area contributed by atoms with Gasteiger partial charge in [0.2, 0.25) is 5.91 Å². The Bertz CT molecular complexity index is 319. The van der Waals surface area contributed by atoms with E-state index in [2.05, 4.69) is 10.2 Å². The number of amides is 3. The zero-order valence-electron chi connectivity index (χ0n) is 10.1. The van der Waals surface area contributed by atoms with Crippen LogP contribution < -0.4 is 16.8 Å². The van der Waals surface area contributed by atoms with E-state index < -0.39 is 6.03 Å². The van der Waals surface area contributed by atoms with Gasteiger partial charge in [-0.25, -0.2) is 4.79 Å². The van der Waals surface area contributed by atoms with Gasteiger partial charge in [-0.05, 0) is 32.6 Å². The highest BCUT2D eigenvalue weighted by Gasteiger charge is 2.43. The average Bonchev–Trinajstić information content (AvgIpc) is 2.49. The third kappa shape index (κ3) is 2.42. The van der Waals surface area contributed by atoms with Crippen LogP contribution in [0.1, 0.15) is 32.6 Å². The number of fused-ring (bicyclic) bond motifs is 2. The third-order valence-corrected chi connectivity index (χ3v) is 3.90. The van der Waals surface area contributed by atoms with Crippen molar-refractivity contribution in [2.75, 3.05) is 0 Å². The van der Waals surface area contributed by atoms with E-state index in [1.165, 1.54) is 0 Å². The summed E-state index contributed by atoms with van der Waals surface area (Å²) in [6.07, 6.45) is 4.05. The third-order valence-electron chi connectivity index (χ3n) is 3.90. The Labute approximate surface area is 101 Å². The summed E-state index contributed by atoms with van der Waals surface area (Å²) in [7, 11) is 0. The number of primary amides is 1. The van der Waals surface area contributed by atoms with E-state index in [1.807, 2.05) is 6.92 Å². The molecule has 2 rings (SSSR count). The van der Waals surface area contributed by atoms with Gasteiger partial charge in [-0.1, -0.05) is 0 Å². The van der Waals surface area contributed by atoms with Crippen LogP contribution in [0.4, 0.5) is 4.79 Å². The van der Waals surface area contributed by atoms with Gasteiger partial charge < -0.3 is 11.5 Å². The van der Waals surface area contributed by atoms with Gasteiger partial charge >= 0.3 is 6.03 Å². The van der Waals surface area contributed by atoms with Crippen molar-refractivity contribution in [1.29, 1.82) is 0 Å². The molecule has 17 heavy (non-hydrogen) atoms. The molecule has 0 radical (unpaired) electrons. The van der Waals surface area contributed by atoms with Crippen LogP contribution in [-0.4, -0.2) is 41.0 Å². The highest BCUT2D eigenvalue weighted by molar-refractivity contribution is 5.96. The van der Waals surface area contributed by atoms with Crippen molar-refractivity contribution in [2.24, 2.45) is 11.5 Å². The molecule has 2 fully saturated rings. The van der Waals surface area contributed by atoms with E-state index in [-0.39, 0.29) is 18.0 Å². The van der Waals surface area contributed by atoms with Gasteiger partial charge in [0.1, 0.15) is 0 Å². The summed E-state index contributed by atoms with van der Waals surface area (Å²) in [5.74, 6) is -0.315. The molecular weight excluding hydrogens is 220 g/mol. The molecule has 3 unspecified atom stereocenters. The van der Waals surface area contributed by atoms with Gasteiger partial charge in [0, 0.05) is 18.1 Å². The van der Waals surface area contributed by atoms with Crippen LogP contribution in [0, 0.1) is 0 Å². The first kappa shape index (κ1) is 12.3. The lowest BCUT2D eigenvalue weighted by atomic mass is 9.96. The fraction of sp³-hybridized carbons (Fsp3) is 0.818. The number of carbonyl (C=O) groups is 2. The molecule has 6 heteroatoms. The molecule has 2 saturated heterocycles. The molecular formula is C11H20N4O2. The van der Waals surface area contributed by atoms with Crippen LogP contribution in [0.2, 0.25) is 0 Å². The summed E-state index contributed by atoms with van der Waals surface area (Å²) in [4.78, 5) is 24.6. The number of carbonyl (C=O) groups excluding carboxylic acids is 2. The summed E-state index contributed by atoms with van der Waals surface area (Å²) < 4.78 is 0. The quantitative estimate of drug-likeness (QED) is 0.607. The Hall–Kier alpha value is -1.14. The van der Waals surface area contributed by atoms with Crippen molar-refractivity contribution in [2.45, 2.75) is 56.8 Å². The van der Waals surface area contributed by atoms with E-state index in [9.17, 15) is 9.59 Å². The second kappa shape index (κ2) is 4.62. The van der Waals surface area contributed by atoms with Crippen LogP contribution in [0.3, 0.4) is 0 Å². The van der Waals surface area contributed by atoms with E-state index in [4.69, 9.17) is 11.5 Å². The molecule has 2 aliphatic rings. The Kier molecular flexibility index (Phi) is 3.35. The monoisotopic (exact) mass is 240 g/mol. The highest BCUT2D eigenvalue weighted by Crippen LogP contribution is 2.36. The van der Waals surface area contributed by atoms with Gasteiger partial charge in [0.25, 0.3) is 0 Å². The minimum absolute atomic E-state index is 0.246. The number of urea groups is 1. The SMILES string of the molecule is CC(C(=O)NC(N)=O)N1C2CCC1CC(N)C2. The number of hydrogen-bond acceptors (Lipinski definition) is 4. The first-order chi connectivity index (χ1) is 7.99. The molecule has 0 aromatic heterocycles. The number of piperidine rings is 1. The highest BCUT2D eigenvalue weighted by atomic mass is 16.2. The minimum atomic E-state index is -0.789. The van der Waals surface area contributed by atoms with Crippen molar-refractivity contribution in [3.8, 4) is 0 Å². The van der Waals surface area contributed by atoms with Crippen LogP contribution >= 0.6 is 0 Å². The fourth-order valence-electron chi connectivity index (χ4n) is 3.25. The zero-order valence-corrected chi connectivity index (χ0v) is 10.1. The molecule has 6 nitrogen and oxygen atoms in total. The molecule has 2 aliphatic heterocycles. The van der Waals surface area contributed by atoms with Gasteiger partial charge in [-0.3, -0.25) is 15.0 Å². The van der Waals surface area contributed by atoms with Crippen LogP contribution in [0.25, 0.3) is 0 Å². The summed E-state index contributed by atoms with van der Waals surface area (Å²) in [6, 6.07) is -0.111. The van der Waals surface area contributed by atoms with Gasteiger partial charge in [0.15, 0.2) is 0 Å². The van der Waals surface area contributed by atoms with Gasteiger partial charge in [0.05, 0.1) is 6.04 Å². The molecule has 5 N–H and O–H groups in total.